The van der Waals surface area contributed by atoms with E-state index in [1.54, 1.807) is 12.1 Å². The van der Waals surface area contributed by atoms with Gasteiger partial charge in [0.2, 0.25) is 0 Å². The molecule has 0 amide bonds. The summed E-state index contributed by atoms with van der Waals surface area (Å²) in [5, 5.41) is 14.0. The Labute approximate surface area is 127 Å². The molecule has 1 fully saturated rings. The van der Waals surface area contributed by atoms with Crippen molar-refractivity contribution in [2.45, 2.75) is 19.4 Å². The number of nitrogens with zero attached hydrogens (tertiary/aromatic N) is 2. The van der Waals surface area contributed by atoms with Crippen LogP contribution in [-0.2, 0) is 6.54 Å². The standard InChI is InChI=1S/C14H20BrN3O2/c1-16-9-11-4-6-17(7-5-11)10-12-2-3-13(18(19)20)8-14(12)15/h2-3,8,11,16H,4-7,9-10H2,1H3. The Morgan fingerprint density at radius 1 is 1.45 bits per heavy atom. The second kappa shape index (κ2) is 7.15. The van der Waals surface area contributed by atoms with Crippen LogP contribution in [0.5, 0.6) is 0 Å². The molecular formula is C14H20BrN3O2. The first kappa shape index (κ1) is 15.4. The third-order valence-electron chi connectivity index (χ3n) is 3.84. The number of halogens is 1. The van der Waals surface area contributed by atoms with Gasteiger partial charge in [-0.1, -0.05) is 15.9 Å². The van der Waals surface area contributed by atoms with Gasteiger partial charge in [-0.05, 0) is 57.1 Å². The molecule has 1 heterocycles. The highest BCUT2D eigenvalue weighted by Gasteiger charge is 2.19. The van der Waals surface area contributed by atoms with Crippen LogP contribution in [0.25, 0.3) is 0 Å². The third-order valence-corrected chi connectivity index (χ3v) is 4.58. The number of hydrogen-bond acceptors (Lipinski definition) is 4. The summed E-state index contributed by atoms with van der Waals surface area (Å²) in [5.74, 6) is 0.775. The number of hydrogen-bond donors (Lipinski definition) is 1. The fourth-order valence-corrected chi connectivity index (χ4v) is 3.15. The van der Waals surface area contributed by atoms with E-state index >= 15 is 0 Å². The largest absolute Gasteiger partial charge is 0.319 e. The van der Waals surface area contributed by atoms with Crippen molar-refractivity contribution < 1.29 is 4.92 Å². The van der Waals surface area contributed by atoms with E-state index in [1.165, 1.54) is 12.8 Å². The zero-order chi connectivity index (χ0) is 14.5. The van der Waals surface area contributed by atoms with Gasteiger partial charge in [-0.2, -0.15) is 0 Å². The van der Waals surface area contributed by atoms with Gasteiger partial charge in [0.25, 0.3) is 5.69 Å². The fourth-order valence-electron chi connectivity index (χ4n) is 2.66. The van der Waals surface area contributed by atoms with Crippen LogP contribution in [0, 0.1) is 16.0 Å². The molecule has 0 spiro atoms. The van der Waals surface area contributed by atoms with Gasteiger partial charge in [0.05, 0.1) is 4.92 Å². The van der Waals surface area contributed by atoms with Gasteiger partial charge in [0.1, 0.15) is 0 Å². The highest BCUT2D eigenvalue weighted by atomic mass is 79.9. The van der Waals surface area contributed by atoms with E-state index in [9.17, 15) is 10.1 Å². The predicted octanol–water partition coefficient (Wildman–Crippen LogP) is 2.79. The van der Waals surface area contributed by atoms with E-state index in [4.69, 9.17) is 0 Å². The number of nitro groups is 1. The highest BCUT2D eigenvalue weighted by molar-refractivity contribution is 9.10. The molecule has 1 aliphatic rings. The normalized spacial score (nSPS) is 17.3. The second-order valence-electron chi connectivity index (χ2n) is 5.31. The van der Waals surface area contributed by atoms with Crippen LogP contribution in [-0.4, -0.2) is 36.5 Å². The van der Waals surface area contributed by atoms with E-state index in [2.05, 4.69) is 26.1 Å². The summed E-state index contributed by atoms with van der Waals surface area (Å²) in [6.07, 6.45) is 2.43. The lowest BCUT2D eigenvalue weighted by Gasteiger charge is -2.32. The monoisotopic (exact) mass is 341 g/mol. The van der Waals surface area contributed by atoms with E-state index in [1.807, 2.05) is 13.1 Å². The summed E-state index contributed by atoms with van der Waals surface area (Å²) in [7, 11) is 2.00. The molecule has 0 saturated carbocycles. The summed E-state index contributed by atoms with van der Waals surface area (Å²) >= 11 is 3.44. The van der Waals surface area contributed by atoms with Crippen molar-refractivity contribution in [3.05, 3.63) is 38.3 Å². The molecule has 0 atom stereocenters. The Hall–Kier alpha value is -0.980. The van der Waals surface area contributed by atoms with Crippen LogP contribution in [0.2, 0.25) is 0 Å². The topological polar surface area (TPSA) is 58.4 Å². The summed E-state index contributed by atoms with van der Waals surface area (Å²) in [6.45, 7) is 4.13. The van der Waals surface area contributed by atoms with Crippen LogP contribution in [0.3, 0.4) is 0 Å². The van der Waals surface area contributed by atoms with Crippen molar-refractivity contribution in [2.24, 2.45) is 5.92 Å². The molecule has 0 aromatic heterocycles. The Bertz CT molecular complexity index is 473. The summed E-state index contributed by atoms with van der Waals surface area (Å²) in [5.41, 5.74) is 1.25. The van der Waals surface area contributed by atoms with Crippen molar-refractivity contribution in [2.75, 3.05) is 26.7 Å². The summed E-state index contributed by atoms with van der Waals surface area (Å²) in [6, 6.07) is 5.01. The molecule has 0 radical (unpaired) electrons. The van der Waals surface area contributed by atoms with Gasteiger partial charge in [-0.15, -0.1) is 0 Å². The maximum absolute atomic E-state index is 10.7. The molecule has 110 valence electrons. The summed E-state index contributed by atoms with van der Waals surface area (Å²) < 4.78 is 0.823. The Morgan fingerprint density at radius 3 is 2.70 bits per heavy atom. The van der Waals surface area contributed by atoms with Crippen molar-refractivity contribution >= 4 is 21.6 Å². The smallest absolute Gasteiger partial charge is 0.270 e. The lowest BCUT2D eigenvalue weighted by molar-refractivity contribution is -0.384. The molecule has 1 saturated heterocycles. The van der Waals surface area contributed by atoms with Gasteiger partial charge >= 0.3 is 0 Å². The Kier molecular flexibility index (Phi) is 5.51. The van der Waals surface area contributed by atoms with E-state index in [-0.39, 0.29) is 10.6 Å². The van der Waals surface area contributed by atoms with Crippen molar-refractivity contribution in [3.63, 3.8) is 0 Å². The molecule has 1 aliphatic heterocycles. The summed E-state index contributed by atoms with van der Waals surface area (Å²) in [4.78, 5) is 12.8. The first-order valence-electron chi connectivity index (χ1n) is 6.90. The minimum Gasteiger partial charge on any atom is -0.319 e. The maximum atomic E-state index is 10.7. The Balaban J connectivity index is 1.93. The van der Waals surface area contributed by atoms with Crippen molar-refractivity contribution in [1.82, 2.24) is 10.2 Å². The first-order valence-corrected chi connectivity index (χ1v) is 7.69. The van der Waals surface area contributed by atoms with Crippen LogP contribution >= 0.6 is 15.9 Å². The maximum Gasteiger partial charge on any atom is 0.270 e. The molecule has 1 aromatic rings. The molecular weight excluding hydrogens is 322 g/mol. The molecule has 6 heteroatoms. The number of piperidine rings is 1. The lowest BCUT2D eigenvalue weighted by atomic mass is 9.96. The fraction of sp³-hybridized carbons (Fsp3) is 0.571. The number of benzene rings is 1. The van der Waals surface area contributed by atoms with Crippen LogP contribution in [0.1, 0.15) is 18.4 Å². The zero-order valence-electron chi connectivity index (χ0n) is 11.6. The number of likely N-dealkylation sites (tertiary alicyclic amines) is 1. The van der Waals surface area contributed by atoms with Gasteiger partial charge in [-0.25, -0.2) is 0 Å². The molecule has 0 bridgehead atoms. The highest BCUT2D eigenvalue weighted by Crippen LogP contribution is 2.26. The molecule has 2 rings (SSSR count). The first-order chi connectivity index (χ1) is 9.60. The molecule has 5 nitrogen and oxygen atoms in total. The number of nitro benzene ring substituents is 1. The van der Waals surface area contributed by atoms with Gasteiger partial charge in [-0.3, -0.25) is 15.0 Å². The molecule has 1 aromatic carbocycles. The van der Waals surface area contributed by atoms with Crippen molar-refractivity contribution in [3.8, 4) is 0 Å². The zero-order valence-corrected chi connectivity index (χ0v) is 13.2. The van der Waals surface area contributed by atoms with Gasteiger partial charge < -0.3 is 5.32 Å². The van der Waals surface area contributed by atoms with E-state index in [0.717, 1.165) is 42.1 Å². The van der Waals surface area contributed by atoms with Gasteiger partial charge in [0.15, 0.2) is 0 Å². The molecule has 0 unspecified atom stereocenters. The average molecular weight is 342 g/mol. The van der Waals surface area contributed by atoms with E-state index in [0.29, 0.717) is 0 Å². The van der Waals surface area contributed by atoms with Crippen LogP contribution in [0.4, 0.5) is 5.69 Å². The van der Waals surface area contributed by atoms with Gasteiger partial charge in [0, 0.05) is 23.2 Å². The number of nitrogens with one attached hydrogen (secondary N) is 1. The molecule has 0 aliphatic carbocycles. The van der Waals surface area contributed by atoms with Crippen LogP contribution < -0.4 is 5.32 Å². The van der Waals surface area contributed by atoms with Crippen LogP contribution in [0.15, 0.2) is 22.7 Å². The predicted molar refractivity (Wildman–Crippen MR) is 82.7 cm³/mol. The minimum atomic E-state index is -0.363. The number of non-ortho nitro benzene ring substituents is 1. The second-order valence-corrected chi connectivity index (χ2v) is 6.16. The SMILES string of the molecule is CNCC1CCN(Cc2ccc([N+](=O)[O-])cc2Br)CC1. The number of rotatable bonds is 5. The average Bonchev–Trinajstić information content (AvgIpc) is 2.43. The van der Waals surface area contributed by atoms with Crippen molar-refractivity contribution in [1.29, 1.82) is 0 Å². The lowest BCUT2D eigenvalue weighted by Crippen LogP contribution is -2.36. The third kappa shape index (κ3) is 4.01. The van der Waals surface area contributed by atoms with E-state index < -0.39 is 0 Å². The minimum absolute atomic E-state index is 0.133. The molecule has 20 heavy (non-hydrogen) atoms. The molecule has 1 N–H and O–H groups in total. The Morgan fingerprint density at radius 2 is 2.15 bits per heavy atom. The quantitative estimate of drug-likeness (QED) is 0.660.